The van der Waals surface area contributed by atoms with Gasteiger partial charge in [-0.2, -0.15) is 0 Å². The molecule has 0 aliphatic rings. The lowest BCUT2D eigenvalue weighted by Gasteiger charge is -2.09. The van der Waals surface area contributed by atoms with Crippen LogP contribution in [0, 0.1) is 0 Å². The van der Waals surface area contributed by atoms with Crippen LogP contribution in [0.5, 0.6) is 0 Å². The van der Waals surface area contributed by atoms with E-state index in [1.165, 1.54) is 11.8 Å². The molecule has 13 heavy (non-hydrogen) atoms. The molecule has 0 amide bonds. The third-order valence-electron chi connectivity index (χ3n) is 1.69. The molecule has 1 atom stereocenters. The van der Waals surface area contributed by atoms with Gasteiger partial charge in [0.1, 0.15) is 0 Å². The Morgan fingerprint density at radius 2 is 2.08 bits per heavy atom. The molecule has 70 valence electrons. The monoisotopic (exact) mass is 195 g/mol. The van der Waals surface area contributed by atoms with Crippen molar-refractivity contribution < 1.29 is 4.79 Å². The maximum Gasteiger partial charge on any atom is 0.185 e. The summed E-state index contributed by atoms with van der Waals surface area (Å²) in [5.74, 6) is 0.652. The second-order valence-corrected chi connectivity index (χ2v) is 4.02. The van der Waals surface area contributed by atoms with Crippen molar-refractivity contribution in [3.8, 4) is 0 Å². The predicted molar refractivity (Wildman–Crippen MR) is 56.5 cm³/mol. The summed E-state index contributed by atoms with van der Waals surface area (Å²) in [6.45, 7) is 1.56. The van der Waals surface area contributed by atoms with Crippen LogP contribution in [0.3, 0.4) is 0 Å². The Balaban J connectivity index is 2.49. The number of thioether (sulfide) groups is 1. The van der Waals surface area contributed by atoms with E-state index in [0.717, 1.165) is 5.56 Å². The van der Waals surface area contributed by atoms with Crippen LogP contribution in [-0.2, 0) is 4.79 Å². The van der Waals surface area contributed by atoms with E-state index in [1.54, 1.807) is 6.92 Å². The van der Waals surface area contributed by atoms with E-state index < -0.39 is 0 Å². The summed E-state index contributed by atoms with van der Waals surface area (Å²) < 4.78 is 0. The zero-order valence-corrected chi connectivity index (χ0v) is 8.38. The van der Waals surface area contributed by atoms with Gasteiger partial charge in [-0.1, -0.05) is 42.1 Å². The first-order valence-corrected chi connectivity index (χ1v) is 5.12. The molecule has 1 rings (SSSR count). The molecule has 0 aromatic heterocycles. The minimum Gasteiger partial charge on any atom is -0.323 e. The molecule has 0 spiro atoms. The lowest BCUT2D eigenvalue weighted by atomic mass is 10.1. The van der Waals surface area contributed by atoms with Crippen molar-refractivity contribution in [2.45, 2.75) is 13.0 Å². The van der Waals surface area contributed by atoms with Crippen molar-refractivity contribution in [3.05, 3.63) is 35.9 Å². The van der Waals surface area contributed by atoms with Gasteiger partial charge >= 0.3 is 0 Å². The number of nitrogens with two attached hydrogens (primary N) is 1. The Morgan fingerprint density at radius 3 is 2.62 bits per heavy atom. The molecule has 0 fully saturated rings. The molecule has 2 N–H and O–H groups in total. The van der Waals surface area contributed by atoms with Crippen molar-refractivity contribution in [2.75, 3.05) is 5.75 Å². The van der Waals surface area contributed by atoms with E-state index in [9.17, 15) is 4.79 Å². The van der Waals surface area contributed by atoms with Crippen molar-refractivity contribution >= 4 is 16.9 Å². The third kappa shape index (κ3) is 3.61. The van der Waals surface area contributed by atoms with Gasteiger partial charge in [0, 0.05) is 18.7 Å². The van der Waals surface area contributed by atoms with E-state index in [4.69, 9.17) is 5.73 Å². The van der Waals surface area contributed by atoms with Crippen molar-refractivity contribution in [1.82, 2.24) is 0 Å². The molecule has 0 radical (unpaired) electrons. The summed E-state index contributed by atoms with van der Waals surface area (Å²) in [6, 6.07) is 9.77. The van der Waals surface area contributed by atoms with Gasteiger partial charge in [-0.3, -0.25) is 4.79 Å². The van der Waals surface area contributed by atoms with Crippen LogP contribution in [0.1, 0.15) is 18.5 Å². The summed E-state index contributed by atoms with van der Waals surface area (Å²) in [5.41, 5.74) is 6.95. The van der Waals surface area contributed by atoms with Crippen molar-refractivity contribution in [1.29, 1.82) is 0 Å². The standard InChI is InChI=1S/C10H13NOS/c1-8(12)13-7-10(11)9-5-3-2-4-6-9/h2-6,10H,7,11H2,1H3/t10-/m0/s1. The SMILES string of the molecule is CC(=O)SC[C@H](N)c1ccccc1. The molecular weight excluding hydrogens is 182 g/mol. The van der Waals surface area contributed by atoms with E-state index in [1.807, 2.05) is 30.3 Å². The average Bonchev–Trinajstić information content (AvgIpc) is 2.15. The Labute approximate surface area is 82.5 Å². The summed E-state index contributed by atoms with van der Waals surface area (Å²) in [4.78, 5) is 10.7. The molecule has 0 bridgehead atoms. The fourth-order valence-electron chi connectivity index (χ4n) is 1.00. The lowest BCUT2D eigenvalue weighted by Crippen LogP contribution is -2.13. The highest BCUT2D eigenvalue weighted by Crippen LogP contribution is 2.15. The van der Waals surface area contributed by atoms with Crippen molar-refractivity contribution in [3.63, 3.8) is 0 Å². The molecule has 0 aliphatic heterocycles. The van der Waals surface area contributed by atoms with Crippen LogP contribution in [0.2, 0.25) is 0 Å². The largest absolute Gasteiger partial charge is 0.323 e. The first-order valence-electron chi connectivity index (χ1n) is 4.14. The fraction of sp³-hybridized carbons (Fsp3) is 0.300. The first kappa shape index (κ1) is 10.3. The van der Waals surface area contributed by atoms with Crippen LogP contribution in [0.15, 0.2) is 30.3 Å². The molecule has 0 unspecified atom stereocenters. The second kappa shape index (κ2) is 5.04. The second-order valence-electron chi connectivity index (χ2n) is 2.82. The molecule has 2 nitrogen and oxygen atoms in total. The molecule has 0 aliphatic carbocycles. The molecule has 1 aromatic rings. The molecule has 1 aromatic carbocycles. The van der Waals surface area contributed by atoms with Gasteiger partial charge < -0.3 is 5.73 Å². The van der Waals surface area contributed by atoms with Gasteiger partial charge in [-0.05, 0) is 5.56 Å². The van der Waals surface area contributed by atoms with Gasteiger partial charge in [0.2, 0.25) is 0 Å². The van der Waals surface area contributed by atoms with E-state index in [2.05, 4.69) is 0 Å². The summed E-state index contributed by atoms with van der Waals surface area (Å²) in [6.07, 6.45) is 0. The Morgan fingerprint density at radius 1 is 1.46 bits per heavy atom. The number of benzene rings is 1. The fourth-order valence-corrected chi connectivity index (χ4v) is 1.61. The van der Waals surface area contributed by atoms with Gasteiger partial charge in [0.05, 0.1) is 0 Å². The van der Waals surface area contributed by atoms with Crippen LogP contribution in [0.25, 0.3) is 0 Å². The predicted octanol–water partition coefficient (Wildman–Crippen LogP) is 1.97. The Hall–Kier alpha value is -0.800. The molecule has 3 heteroatoms. The number of carbonyl (C=O) groups is 1. The van der Waals surface area contributed by atoms with Crippen LogP contribution >= 0.6 is 11.8 Å². The molecule has 0 saturated carbocycles. The summed E-state index contributed by atoms with van der Waals surface area (Å²) in [5, 5.41) is 0.117. The average molecular weight is 195 g/mol. The van der Waals surface area contributed by atoms with Crippen LogP contribution in [0.4, 0.5) is 0 Å². The zero-order valence-electron chi connectivity index (χ0n) is 7.57. The number of hydrogen-bond acceptors (Lipinski definition) is 3. The highest BCUT2D eigenvalue weighted by molar-refractivity contribution is 8.13. The number of carbonyl (C=O) groups excluding carboxylic acids is 1. The quantitative estimate of drug-likeness (QED) is 0.801. The summed E-state index contributed by atoms with van der Waals surface area (Å²) >= 11 is 1.27. The Bertz CT molecular complexity index is 274. The van der Waals surface area contributed by atoms with Gasteiger partial charge in [-0.15, -0.1) is 0 Å². The third-order valence-corrected chi connectivity index (χ3v) is 2.63. The minimum atomic E-state index is -0.0462. The zero-order chi connectivity index (χ0) is 9.68. The van der Waals surface area contributed by atoms with Crippen LogP contribution < -0.4 is 5.73 Å². The highest BCUT2D eigenvalue weighted by atomic mass is 32.2. The van der Waals surface area contributed by atoms with Crippen LogP contribution in [-0.4, -0.2) is 10.9 Å². The maximum absolute atomic E-state index is 10.7. The molecule has 0 heterocycles. The Kier molecular flexibility index (Phi) is 3.99. The van der Waals surface area contributed by atoms with Gasteiger partial charge in [0.15, 0.2) is 5.12 Å². The smallest absolute Gasteiger partial charge is 0.185 e. The lowest BCUT2D eigenvalue weighted by molar-refractivity contribution is -0.109. The molecule has 0 saturated heterocycles. The minimum absolute atomic E-state index is 0.0462. The first-order chi connectivity index (χ1) is 6.20. The van der Waals surface area contributed by atoms with E-state index in [-0.39, 0.29) is 11.2 Å². The molecular formula is C10H13NOS. The summed E-state index contributed by atoms with van der Waals surface area (Å²) in [7, 11) is 0. The normalized spacial score (nSPS) is 12.5. The maximum atomic E-state index is 10.7. The topological polar surface area (TPSA) is 43.1 Å². The highest BCUT2D eigenvalue weighted by Gasteiger charge is 2.06. The number of hydrogen-bond donors (Lipinski definition) is 1. The van der Waals surface area contributed by atoms with E-state index in [0.29, 0.717) is 5.75 Å². The van der Waals surface area contributed by atoms with Gasteiger partial charge in [-0.25, -0.2) is 0 Å². The van der Waals surface area contributed by atoms with Gasteiger partial charge in [0.25, 0.3) is 0 Å². The van der Waals surface area contributed by atoms with Crippen molar-refractivity contribution in [2.24, 2.45) is 5.73 Å². The van der Waals surface area contributed by atoms with E-state index >= 15 is 0 Å². The number of rotatable bonds is 3.